The van der Waals surface area contributed by atoms with E-state index < -0.39 is 27.5 Å². The van der Waals surface area contributed by atoms with Gasteiger partial charge in [-0.1, -0.05) is 18.2 Å². The molecule has 0 radical (unpaired) electrons. The van der Waals surface area contributed by atoms with Crippen LogP contribution in [0.4, 0.5) is 0 Å². The monoisotopic (exact) mass is 298 g/mol. The molecule has 0 fully saturated rings. The summed E-state index contributed by atoms with van der Waals surface area (Å²) < 4.78 is 33.1. The molecule has 0 saturated heterocycles. The highest BCUT2D eigenvalue weighted by Gasteiger charge is 2.22. The maximum Gasteiger partial charge on any atom is 0.335 e. The number of carbonyl (C=O) groups excluding carboxylic acids is 2. The van der Waals surface area contributed by atoms with Gasteiger partial charge in [0.1, 0.15) is 0 Å². The first-order chi connectivity index (χ1) is 9.40. The van der Waals surface area contributed by atoms with E-state index in [1.807, 2.05) is 0 Å². The summed E-state index contributed by atoms with van der Waals surface area (Å²) >= 11 is 0. The molecule has 0 aliphatic rings. The minimum atomic E-state index is -3.75. The standard InChI is InChI=1S/C13H14O6S/c1-18-12(14)8-10(13(15)19-2)9-20(16,17)11-6-4-3-5-7-11/h3-8H,9H2,1-2H3. The molecule has 0 unspecified atom stereocenters. The highest BCUT2D eigenvalue weighted by molar-refractivity contribution is 7.91. The smallest absolute Gasteiger partial charge is 0.335 e. The molecule has 0 spiro atoms. The molecule has 0 aliphatic heterocycles. The zero-order chi connectivity index (χ0) is 15.2. The molecule has 1 aromatic rings. The van der Waals surface area contributed by atoms with Gasteiger partial charge in [0.05, 0.1) is 30.4 Å². The summed E-state index contributed by atoms with van der Waals surface area (Å²) in [4.78, 5) is 22.7. The highest BCUT2D eigenvalue weighted by Crippen LogP contribution is 2.14. The van der Waals surface area contributed by atoms with Gasteiger partial charge in [0.2, 0.25) is 0 Å². The SMILES string of the molecule is COC(=O)C=C(CS(=O)(=O)c1ccccc1)C(=O)OC. The van der Waals surface area contributed by atoms with Crippen molar-refractivity contribution in [3.63, 3.8) is 0 Å². The summed E-state index contributed by atoms with van der Waals surface area (Å²) in [6.07, 6.45) is 0.812. The second-order valence-electron chi connectivity index (χ2n) is 3.76. The van der Waals surface area contributed by atoms with Gasteiger partial charge in [-0.3, -0.25) is 0 Å². The average Bonchev–Trinajstić information content (AvgIpc) is 2.46. The number of sulfone groups is 1. The molecule has 0 saturated carbocycles. The highest BCUT2D eigenvalue weighted by atomic mass is 32.2. The first-order valence-corrected chi connectivity index (χ1v) is 7.20. The van der Waals surface area contributed by atoms with Gasteiger partial charge in [-0.2, -0.15) is 0 Å². The van der Waals surface area contributed by atoms with Crippen molar-refractivity contribution >= 4 is 21.8 Å². The summed E-state index contributed by atoms with van der Waals surface area (Å²) in [6, 6.07) is 7.61. The maximum atomic E-state index is 12.1. The molecular formula is C13H14O6S. The normalized spacial score (nSPS) is 11.8. The van der Waals surface area contributed by atoms with E-state index in [2.05, 4.69) is 9.47 Å². The van der Waals surface area contributed by atoms with E-state index in [1.54, 1.807) is 18.2 Å². The van der Waals surface area contributed by atoms with Crippen LogP contribution in [0.15, 0.2) is 46.9 Å². The Morgan fingerprint density at radius 1 is 1.10 bits per heavy atom. The number of esters is 2. The number of benzene rings is 1. The molecule has 0 bridgehead atoms. The number of hydrogen-bond donors (Lipinski definition) is 0. The lowest BCUT2D eigenvalue weighted by atomic mass is 10.3. The molecule has 0 amide bonds. The van der Waals surface area contributed by atoms with Crippen LogP contribution in [0.5, 0.6) is 0 Å². The van der Waals surface area contributed by atoms with Crippen molar-refractivity contribution in [2.24, 2.45) is 0 Å². The third-order valence-electron chi connectivity index (χ3n) is 2.39. The van der Waals surface area contributed by atoms with Gasteiger partial charge >= 0.3 is 11.9 Å². The Morgan fingerprint density at radius 3 is 2.20 bits per heavy atom. The van der Waals surface area contributed by atoms with Crippen LogP contribution in [0.2, 0.25) is 0 Å². The Balaban J connectivity index is 3.10. The molecule has 6 nitrogen and oxygen atoms in total. The quantitative estimate of drug-likeness (QED) is 0.588. The van der Waals surface area contributed by atoms with Crippen molar-refractivity contribution in [1.29, 1.82) is 0 Å². The first kappa shape index (κ1) is 15.9. The fraction of sp³-hybridized carbons (Fsp3) is 0.231. The molecule has 0 N–H and O–H groups in total. The van der Waals surface area contributed by atoms with E-state index in [1.165, 1.54) is 12.1 Å². The molecule has 20 heavy (non-hydrogen) atoms. The third kappa shape index (κ3) is 4.20. The van der Waals surface area contributed by atoms with Crippen molar-refractivity contribution in [1.82, 2.24) is 0 Å². The van der Waals surface area contributed by atoms with Crippen LogP contribution in [-0.4, -0.2) is 40.3 Å². The second-order valence-corrected chi connectivity index (χ2v) is 5.75. The molecule has 0 atom stereocenters. The van der Waals surface area contributed by atoms with Crippen molar-refractivity contribution in [3.05, 3.63) is 42.0 Å². The summed E-state index contributed by atoms with van der Waals surface area (Å²) in [7, 11) is -1.52. The minimum absolute atomic E-state index is 0.0552. The summed E-state index contributed by atoms with van der Waals surface area (Å²) in [5.74, 6) is -2.36. The van der Waals surface area contributed by atoms with E-state index in [9.17, 15) is 18.0 Å². The predicted molar refractivity (Wildman–Crippen MR) is 70.6 cm³/mol. The van der Waals surface area contributed by atoms with Crippen molar-refractivity contribution in [3.8, 4) is 0 Å². The summed E-state index contributed by atoms with van der Waals surface area (Å²) in [5, 5.41) is 0. The van der Waals surface area contributed by atoms with Gasteiger partial charge in [0, 0.05) is 6.08 Å². The number of methoxy groups -OCH3 is 2. The van der Waals surface area contributed by atoms with Gasteiger partial charge < -0.3 is 9.47 Å². The van der Waals surface area contributed by atoms with Gasteiger partial charge in [0.25, 0.3) is 0 Å². The zero-order valence-corrected chi connectivity index (χ0v) is 11.8. The fourth-order valence-corrected chi connectivity index (χ4v) is 2.76. The molecule has 0 aromatic heterocycles. The topological polar surface area (TPSA) is 86.7 Å². The van der Waals surface area contributed by atoms with E-state index >= 15 is 0 Å². The Labute approximate surface area is 116 Å². The largest absolute Gasteiger partial charge is 0.466 e. The van der Waals surface area contributed by atoms with Crippen LogP contribution in [0, 0.1) is 0 Å². The first-order valence-electron chi connectivity index (χ1n) is 5.55. The Hall–Kier alpha value is -2.15. The summed E-state index contributed by atoms with van der Waals surface area (Å²) in [6.45, 7) is 0. The Morgan fingerprint density at radius 2 is 1.70 bits per heavy atom. The van der Waals surface area contributed by atoms with Crippen molar-refractivity contribution < 1.29 is 27.5 Å². The van der Waals surface area contributed by atoms with Crippen molar-refractivity contribution in [2.45, 2.75) is 4.90 Å². The maximum absolute atomic E-state index is 12.1. The van der Waals surface area contributed by atoms with Crippen LogP contribution in [-0.2, 0) is 28.9 Å². The predicted octanol–water partition coefficient (Wildman–Crippen LogP) is 0.733. The summed E-state index contributed by atoms with van der Waals surface area (Å²) in [5.41, 5.74) is -0.289. The van der Waals surface area contributed by atoms with Crippen LogP contribution in [0.3, 0.4) is 0 Å². The van der Waals surface area contributed by atoms with E-state index in [0.29, 0.717) is 0 Å². The number of ether oxygens (including phenoxy) is 2. The lowest BCUT2D eigenvalue weighted by Gasteiger charge is -2.07. The Kier molecular flexibility index (Phi) is 5.45. The molecule has 0 heterocycles. The van der Waals surface area contributed by atoms with Crippen LogP contribution >= 0.6 is 0 Å². The van der Waals surface area contributed by atoms with Crippen LogP contribution in [0.1, 0.15) is 0 Å². The second kappa shape index (κ2) is 6.85. The molecule has 1 rings (SSSR count). The van der Waals surface area contributed by atoms with Gasteiger partial charge in [0.15, 0.2) is 9.84 Å². The lowest BCUT2D eigenvalue weighted by molar-refractivity contribution is -0.138. The van der Waals surface area contributed by atoms with Crippen molar-refractivity contribution in [2.75, 3.05) is 20.0 Å². The molecule has 0 aliphatic carbocycles. The number of carbonyl (C=O) groups is 2. The van der Waals surface area contributed by atoms with Crippen LogP contribution in [0.25, 0.3) is 0 Å². The number of rotatable bonds is 5. The van der Waals surface area contributed by atoms with Gasteiger partial charge in [-0.25, -0.2) is 18.0 Å². The van der Waals surface area contributed by atoms with E-state index in [4.69, 9.17) is 0 Å². The Bertz CT molecular complexity index is 616. The average molecular weight is 298 g/mol. The van der Waals surface area contributed by atoms with Gasteiger partial charge in [-0.15, -0.1) is 0 Å². The fourth-order valence-electron chi connectivity index (χ4n) is 1.41. The molecule has 1 aromatic carbocycles. The molecule has 108 valence electrons. The lowest BCUT2D eigenvalue weighted by Crippen LogP contribution is -2.18. The van der Waals surface area contributed by atoms with E-state index in [0.717, 1.165) is 20.3 Å². The molecule has 7 heteroatoms. The third-order valence-corrected chi connectivity index (χ3v) is 4.07. The van der Waals surface area contributed by atoms with Crippen LogP contribution < -0.4 is 0 Å². The minimum Gasteiger partial charge on any atom is -0.466 e. The molecular weight excluding hydrogens is 284 g/mol. The van der Waals surface area contributed by atoms with Gasteiger partial charge in [-0.05, 0) is 12.1 Å². The zero-order valence-electron chi connectivity index (χ0n) is 11.0. The number of hydrogen-bond acceptors (Lipinski definition) is 6. The van der Waals surface area contributed by atoms with E-state index in [-0.39, 0.29) is 10.5 Å².